The van der Waals surface area contributed by atoms with Crippen LogP contribution in [0.5, 0.6) is 5.75 Å². The Morgan fingerprint density at radius 1 is 1.58 bits per heavy atom. The number of nitro groups is 1. The van der Waals surface area contributed by atoms with Gasteiger partial charge in [-0.05, 0) is 18.1 Å². The molecule has 0 aliphatic carbocycles. The molecule has 0 radical (unpaired) electrons. The molecule has 0 fully saturated rings. The van der Waals surface area contributed by atoms with Crippen LogP contribution in [0.2, 0.25) is 0 Å². The Bertz CT molecular complexity index is 480. The number of nitrogens with zero attached hydrogens (tertiary/aromatic N) is 1. The third-order valence-electron chi connectivity index (χ3n) is 2.77. The zero-order chi connectivity index (χ0) is 14.3. The van der Waals surface area contributed by atoms with Crippen LogP contribution < -0.4 is 10.1 Å². The number of nitrogens with one attached hydrogen (secondary N) is 1. The first-order valence-corrected chi connectivity index (χ1v) is 6.13. The average molecular weight is 262 g/mol. The third-order valence-corrected chi connectivity index (χ3v) is 2.77. The highest BCUT2D eigenvalue weighted by atomic mass is 16.6. The van der Waals surface area contributed by atoms with Gasteiger partial charge in [0.2, 0.25) is 0 Å². The standard InChI is InChI=1S/C14H18N2O3/c1-4-6-12(5-2)15-10-11-7-8-14(19-3)13(9-11)16(17)18/h2,7-9,12,15H,4,6,10H2,1,3H3. The zero-order valence-electron chi connectivity index (χ0n) is 11.2. The summed E-state index contributed by atoms with van der Waals surface area (Å²) in [7, 11) is 1.41. The van der Waals surface area contributed by atoms with Gasteiger partial charge in [-0.3, -0.25) is 15.4 Å². The first-order valence-electron chi connectivity index (χ1n) is 6.13. The molecule has 5 nitrogen and oxygen atoms in total. The molecule has 0 aliphatic heterocycles. The van der Waals surface area contributed by atoms with E-state index in [1.54, 1.807) is 12.1 Å². The van der Waals surface area contributed by atoms with Crippen LogP contribution in [-0.4, -0.2) is 18.1 Å². The first-order chi connectivity index (χ1) is 9.12. The van der Waals surface area contributed by atoms with E-state index in [0.717, 1.165) is 18.4 Å². The quantitative estimate of drug-likeness (QED) is 0.466. The van der Waals surface area contributed by atoms with Crippen molar-refractivity contribution in [2.75, 3.05) is 7.11 Å². The number of ether oxygens (including phenoxy) is 1. The van der Waals surface area contributed by atoms with Crippen LogP contribution in [0.15, 0.2) is 18.2 Å². The first kappa shape index (κ1) is 15.0. The van der Waals surface area contributed by atoms with E-state index in [-0.39, 0.29) is 17.5 Å². The highest BCUT2D eigenvalue weighted by molar-refractivity contribution is 5.48. The summed E-state index contributed by atoms with van der Waals surface area (Å²) in [4.78, 5) is 10.5. The van der Waals surface area contributed by atoms with Crippen molar-refractivity contribution in [3.63, 3.8) is 0 Å². The smallest absolute Gasteiger partial charge is 0.311 e. The summed E-state index contributed by atoms with van der Waals surface area (Å²) < 4.78 is 4.95. The molecule has 1 unspecified atom stereocenters. The molecule has 1 rings (SSSR count). The molecule has 0 amide bonds. The van der Waals surface area contributed by atoms with Crippen molar-refractivity contribution >= 4 is 5.69 Å². The molecule has 1 aromatic rings. The van der Waals surface area contributed by atoms with Crippen LogP contribution in [-0.2, 0) is 6.54 Å². The monoisotopic (exact) mass is 262 g/mol. The number of methoxy groups -OCH3 is 1. The van der Waals surface area contributed by atoms with E-state index in [2.05, 4.69) is 18.2 Å². The second-order valence-corrected chi connectivity index (χ2v) is 4.15. The normalized spacial score (nSPS) is 11.6. The highest BCUT2D eigenvalue weighted by Gasteiger charge is 2.15. The Morgan fingerprint density at radius 2 is 2.32 bits per heavy atom. The van der Waals surface area contributed by atoms with Crippen molar-refractivity contribution in [2.45, 2.75) is 32.4 Å². The van der Waals surface area contributed by atoms with E-state index in [9.17, 15) is 10.1 Å². The van der Waals surface area contributed by atoms with Gasteiger partial charge < -0.3 is 4.74 Å². The lowest BCUT2D eigenvalue weighted by molar-refractivity contribution is -0.385. The molecule has 1 atom stereocenters. The van der Waals surface area contributed by atoms with Gasteiger partial charge in [0.05, 0.1) is 18.1 Å². The Labute approximate surface area is 113 Å². The SMILES string of the molecule is C#CC(CCC)NCc1ccc(OC)c([N+](=O)[O-])c1. The molecule has 1 aromatic carbocycles. The molecule has 0 aromatic heterocycles. The number of nitro benzene ring substituents is 1. The number of hydrogen-bond donors (Lipinski definition) is 1. The minimum atomic E-state index is -0.451. The maximum Gasteiger partial charge on any atom is 0.311 e. The molecule has 1 N–H and O–H groups in total. The number of rotatable bonds is 7. The van der Waals surface area contributed by atoms with E-state index in [4.69, 9.17) is 11.2 Å². The lowest BCUT2D eigenvalue weighted by Crippen LogP contribution is -2.26. The van der Waals surface area contributed by atoms with Crippen LogP contribution in [0.3, 0.4) is 0 Å². The van der Waals surface area contributed by atoms with Crippen molar-refractivity contribution in [2.24, 2.45) is 0 Å². The predicted octanol–water partition coefficient (Wildman–Crippen LogP) is 2.49. The maximum atomic E-state index is 10.9. The lowest BCUT2D eigenvalue weighted by atomic mass is 10.1. The van der Waals surface area contributed by atoms with E-state index >= 15 is 0 Å². The lowest BCUT2D eigenvalue weighted by Gasteiger charge is -2.12. The fourth-order valence-electron chi connectivity index (χ4n) is 1.76. The molecule has 0 saturated heterocycles. The van der Waals surface area contributed by atoms with Crippen molar-refractivity contribution in [3.05, 3.63) is 33.9 Å². The van der Waals surface area contributed by atoms with E-state index in [1.165, 1.54) is 13.2 Å². The van der Waals surface area contributed by atoms with Crippen LogP contribution in [0.4, 0.5) is 5.69 Å². The Morgan fingerprint density at radius 3 is 2.84 bits per heavy atom. The topological polar surface area (TPSA) is 64.4 Å². The number of terminal acetylenes is 1. The third kappa shape index (κ3) is 4.27. The van der Waals surface area contributed by atoms with E-state index in [0.29, 0.717) is 6.54 Å². The highest BCUT2D eigenvalue weighted by Crippen LogP contribution is 2.27. The summed E-state index contributed by atoms with van der Waals surface area (Å²) in [5, 5.41) is 14.1. The maximum absolute atomic E-state index is 10.9. The summed E-state index contributed by atoms with van der Waals surface area (Å²) >= 11 is 0. The summed E-state index contributed by atoms with van der Waals surface area (Å²) in [6.07, 6.45) is 7.28. The zero-order valence-corrected chi connectivity index (χ0v) is 11.2. The summed E-state index contributed by atoms with van der Waals surface area (Å²) in [5.74, 6) is 2.92. The fraction of sp³-hybridized carbons (Fsp3) is 0.429. The van der Waals surface area contributed by atoms with E-state index < -0.39 is 4.92 Å². The summed E-state index contributed by atoms with van der Waals surface area (Å²) in [6.45, 7) is 2.56. The van der Waals surface area contributed by atoms with Gasteiger partial charge >= 0.3 is 5.69 Å². The predicted molar refractivity (Wildman–Crippen MR) is 74.0 cm³/mol. The van der Waals surface area contributed by atoms with Gasteiger partial charge in [0.25, 0.3) is 0 Å². The molecular weight excluding hydrogens is 244 g/mol. The second-order valence-electron chi connectivity index (χ2n) is 4.15. The number of hydrogen-bond acceptors (Lipinski definition) is 4. The van der Waals surface area contributed by atoms with Crippen molar-refractivity contribution in [3.8, 4) is 18.1 Å². The molecule has 0 heterocycles. The number of benzene rings is 1. The largest absolute Gasteiger partial charge is 0.490 e. The molecule has 102 valence electrons. The molecule has 5 heteroatoms. The summed E-state index contributed by atoms with van der Waals surface area (Å²) in [5.41, 5.74) is 0.776. The minimum absolute atomic E-state index is 0.00819. The van der Waals surface area contributed by atoms with E-state index in [1.807, 2.05) is 0 Å². The molecular formula is C14H18N2O3. The van der Waals surface area contributed by atoms with Gasteiger partial charge in [-0.2, -0.15) is 0 Å². The van der Waals surface area contributed by atoms with Crippen molar-refractivity contribution in [1.82, 2.24) is 5.32 Å². The Balaban J connectivity index is 2.77. The second kappa shape index (κ2) is 7.39. The Kier molecular flexibility index (Phi) is 5.83. The van der Waals surface area contributed by atoms with Gasteiger partial charge in [-0.1, -0.05) is 25.3 Å². The van der Waals surface area contributed by atoms with Crippen LogP contribution in [0.25, 0.3) is 0 Å². The van der Waals surface area contributed by atoms with Gasteiger partial charge in [-0.25, -0.2) is 0 Å². The van der Waals surface area contributed by atoms with Crippen LogP contribution in [0, 0.1) is 22.5 Å². The summed E-state index contributed by atoms with van der Waals surface area (Å²) in [6, 6.07) is 4.88. The molecule has 19 heavy (non-hydrogen) atoms. The van der Waals surface area contributed by atoms with Gasteiger partial charge in [0.15, 0.2) is 5.75 Å². The van der Waals surface area contributed by atoms with Gasteiger partial charge in [0.1, 0.15) is 0 Å². The van der Waals surface area contributed by atoms with Crippen LogP contribution >= 0.6 is 0 Å². The van der Waals surface area contributed by atoms with Crippen molar-refractivity contribution < 1.29 is 9.66 Å². The van der Waals surface area contributed by atoms with Crippen LogP contribution in [0.1, 0.15) is 25.3 Å². The average Bonchev–Trinajstić information content (AvgIpc) is 2.43. The van der Waals surface area contributed by atoms with Gasteiger partial charge in [-0.15, -0.1) is 6.42 Å². The molecule has 0 bridgehead atoms. The van der Waals surface area contributed by atoms with Gasteiger partial charge in [0, 0.05) is 12.6 Å². The molecule has 0 aliphatic rings. The molecule has 0 spiro atoms. The van der Waals surface area contributed by atoms with Crippen molar-refractivity contribution in [1.29, 1.82) is 0 Å². The Hall–Kier alpha value is -2.06. The minimum Gasteiger partial charge on any atom is -0.490 e. The fourth-order valence-corrected chi connectivity index (χ4v) is 1.76. The molecule has 0 saturated carbocycles.